The van der Waals surface area contributed by atoms with Crippen molar-refractivity contribution in [2.24, 2.45) is 11.8 Å². The monoisotopic (exact) mass is 263 g/mol. The van der Waals surface area contributed by atoms with Crippen molar-refractivity contribution in [2.45, 2.75) is 39.3 Å². The highest BCUT2D eigenvalue weighted by atomic mass is 16.5. The van der Waals surface area contributed by atoms with Gasteiger partial charge in [0.05, 0.1) is 14.2 Å². The zero-order chi connectivity index (χ0) is 13.8. The topological polar surface area (TPSA) is 30.5 Å². The number of hydrogen-bond donors (Lipinski definition) is 1. The van der Waals surface area contributed by atoms with Gasteiger partial charge in [-0.3, -0.25) is 0 Å². The van der Waals surface area contributed by atoms with Gasteiger partial charge < -0.3 is 14.8 Å². The van der Waals surface area contributed by atoms with Crippen molar-refractivity contribution in [3.05, 3.63) is 23.8 Å². The molecule has 1 N–H and O–H groups in total. The lowest BCUT2D eigenvalue weighted by Crippen LogP contribution is -2.42. The molecule has 1 aromatic carbocycles. The molecule has 3 nitrogen and oxygen atoms in total. The van der Waals surface area contributed by atoms with E-state index >= 15 is 0 Å². The van der Waals surface area contributed by atoms with Gasteiger partial charge in [-0.05, 0) is 30.7 Å². The molecule has 0 amide bonds. The first-order valence-corrected chi connectivity index (χ1v) is 7.08. The maximum Gasteiger partial charge on any atom is 0.127 e. The second-order valence-corrected chi connectivity index (χ2v) is 5.73. The Morgan fingerprint density at radius 1 is 1.21 bits per heavy atom. The molecular formula is C16H25NO2. The third kappa shape index (κ3) is 3.41. The molecule has 0 unspecified atom stereocenters. The first-order chi connectivity index (χ1) is 9.13. The Morgan fingerprint density at radius 2 is 1.95 bits per heavy atom. The molecule has 0 aromatic heterocycles. The minimum Gasteiger partial charge on any atom is -0.497 e. The van der Waals surface area contributed by atoms with E-state index in [4.69, 9.17) is 9.47 Å². The van der Waals surface area contributed by atoms with E-state index in [0.717, 1.165) is 29.9 Å². The van der Waals surface area contributed by atoms with Crippen LogP contribution in [0.5, 0.6) is 11.5 Å². The van der Waals surface area contributed by atoms with Gasteiger partial charge in [0.25, 0.3) is 0 Å². The van der Waals surface area contributed by atoms with Crippen LogP contribution in [0.3, 0.4) is 0 Å². The third-order valence-electron chi connectivity index (χ3n) is 4.19. The minimum atomic E-state index is 0.666. The van der Waals surface area contributed by atoms with Gasteiger partial charge in [0.2, 0.25) is 0 Å². The maximum atomic E-state index is 5.41. The Balaban J connectivity index is 1.86. The van der Waals surface area contributed by atoms with Crippen molar-refractivity contribution in [3.63, 3.8) is 0 Å². The fraction of sp³-hybridized carbons (Fsp3) is 0.625. The SMILES string of the molecule is COc1ccc(CNC2CC(C(C)C)C2)c(OC)c1. The molecule has 3 heteroatoms. The van der Waals surface area contributed by atoms with E-state index in [9.17, 15) is 0 Å². The van der Waals surface area contributed by atoms with E-state index in [0.29, 0.717) is 6.04 Å². The normalized spacial score (nSPS) is 22.2. The second-order valence-electron chi connectivity index (χ2n) is 5.73. The third-order valence-corrected chi connectivity index (χ3v) is 4.19. The van der Waals surface area contributed by atoms with Crippen LogP contribution in [0.25, 0.3) is 0 Å². The number of rotatable bonds is 6. The first-order valence-electron chi connectivity index (χ1n) is 7.08. The first kappa shape index (κ1) is 14.2. The molecule has 1 fully saturated rings. The summed E-state index contributed by atoms with van der Waals surface area (Å²) in [5.41, 5.74) is 1.19. The molecule has 0 aliphatic heterocycles. The van der Waals surface area contributed by atoms with Crippen molar-refractivity contribution in [3.8, 4) is 11.5 Å². The molecule has 0 atom stereocenters. The molecule has 19 heavy (non-hydrogen) atoms. The molecule has 1 aromatic rings. The predicted molar refractivity (Wildman–Crippen MR) is 77.7 cm³/mol. The molecule has 2 rings (SSSR count). The van der Waals surface area contributed by atoms with Crippen LogP contribution in [0.1, 0.15) is 32.3 Å². The number of hydrogen-bond acceptors (Lipinski definition) is 3. The maximum absolute atomic E-state index is 5.41. The van der Waals surface area contributed by atoms with Gasteiger partial charge in [-0.25, -0.2) is 0 Å². The Bertz CT molecular complexity index is 411. The van der Waals surface area contributed by atoms with Gasteiger partial charge in [-0.2, -0.15) is 0 Å². The van der Waals surface area contributed by atoms with Gasteiger partial charge in [-0.15, -0.1) is 0 Å². The van der Waals surface area contributed by atoms with Gasteiger partial charge in [0.15, 0.2) is 0 Å². The lowest BCUT2D eigenvalue weighted by atomic mass is 9.73. The van der Waals surface area contributed by atoms with Crippen LogP contribution >= 0.6 is 0 Å². The van der Waals surface area contributed by atoms with Crippen molar-refractivity contribution in [2.75, 3.05) is 14.2 Å². The van der Waals surface area contributed by atoms with Gasteiger partial charge in [-0.1, -0.05) is 19.9 Å². The summed E-state index contributed by atoms with van der Waals surface area (Å²) in [6, 6.07) is 6.66. The van der Waals surface area contributed by atoms with E-state index < -0.39 is 0 Å². The summed E-state index contributed by atoms with van der Waals surface area (Å²) < 4.78 is 10.6. The fourth-order valence-corrected chi connectivity index (χ4v) is 2.63. The van der Waals surface area contributed by atoms with Crippen LogP contribution in [0.15, 0.2) is 18.2 Å². The standard InChI is InChI=1S/C16H25NO2/c1-11(2)13-7-14(8-13)17-10-12-5-6-15(18-3)9-16(12)19-4/h5-6,9,11,13-14,17H,7-8,10H2,1-4H3. The van der Waals surface area contributed by atoms with Crippen molar-refractivity contribution >= 4 is 0 Å². The van der Waals surface area contributed by atoms with E-state index in [2.05, 4.69) is 25.2 Å². The minimum absolute atomic E-state index is 0.666. The molecule has 1 aliphatic rings. The van der Waals surface area contributed by atoms with E-state index in [1.165, 1.54) is 18.4 Å². The number of methoxy groups -OCH3 is 2. The molecule has 1 aliphatic carbocycles. The van der Waals surface area contributed by atoms with Gasteiger partial charge in [0.1, 0.15) is 11.5 Å². The smallest absolute Gasteiger partial charge is 0.127 e. The van der Waals surface area contributed by atoms with Crippen LogP contribution in [-0.4, -0.2) is 20.3 Å². The highest BCUT2D eigenvalue weighted by Crippen LogP contribution is 2.34. The highest BCUT2D eigenvalue weighted by Gasteiger charge is 2.30. The molecule has 106 valence electrons. The molecular weight excluding hydrogens is 238 g/mol. The Kier molecular flexibility index (Phi) is 4.70. The summed E-state index contributed by atoms with van der Waals surface area (Å²) in [4.78, 5) is 0. The fourth-order valence-electron chi connectivity index (χ4n) is 2.63. The highest BCUT2D eigenvalue weighted by molar-refractivity contribution is 5.40. The summed E-state index contributed by atoms with van der Waals surface area (Å²) in [7, 11) is 3.38. The van der Waals surface area contributed by atoms with Gasteiger partial charge in [0, 0.05) is 24.2 Å². The molecule has 0 heterocycles. The zero-order valence-electron chi connectivity index (χ0n) is 12.4. The number of ether oxygens (including phenoxy) is 2. The van der Waals surface area contributed by atoms with Crippen LogP contribution in [-0.2, 0) is 6.54 Å². The largest absolute Gasteiger partial charge is 0.497 e. The van der Waals surface area contributed by atoms with Crippen molar-refractivity contribution in [1.29, 1.82) is 0 Å². The predicted octanol–water partition coefficient (Wildman–Crippen LogP) is 3.23. The summed E-state index contributed by atoms with van der Waals surface area (Å²) >= 11 is 0. The molecule has 0 radical (unpaired) electrons. The Hall–Kier alpha value is -1.22. The summed E-state index contributed by atoms with van der Waals surface area (Å²) in [5.74, 6) is 3.44. The lowest BCUT2D eigenvalue weighted by molar-refractivity contribution is 0.167. The quantitative estimate of drug-likeness (QED) is 0.854. The number of benzene rings is 1. The van der Waals surface area contributed by atoms with Gasteiger partial charge >= 0.3 is 0 Å². The van der Waals surface area contributed by atoms with Crippen molar-refractivity contribution in [1.82, 2.24) is 5.32 Å². The Labute approximate surface area is 116 Å². The molecule has 0 spiro atoms. The Morgan fingerprint density at radius 3 is 2.53 bits per heavy atom. The van der Waals surface area contributed by atoms with E-state index in [1.54, 1.807) is 14.2 Å². The summed E-state index contributed by atoms with van der Waals surface area (Å²) in [5, 5.41) is 3.61. The van der Waals surface area contributed by atoms with Crippen LogP contribution in [0.2, 0.25) is 0 Å². The lowest BCUT2D eigenvalue weighted by Gasteiger charge is -2.38. The average molecular weight is 263 g/mol. The summed E-state index contributed by atoms with van der Waals surface area (Å²) in [6.07, 6.45) is 2.60. The molecule has 1 saturated carbocycles. The molecule has 0 saturated heterocycles. The van der Waals surface area contributed by atoms with Crippen LogP contribution < -0.4 is 14.8 Å². The summed E-state index contributed by atoms with van der Waals surface area (Å²) in [6.45, 7) is 5.49. The average Bonchev–Trinajstić information content (AvgIpc) is 2.36. The molecule has 0 bridgehead atoms. The number of nitrogens with one attached hydrogen (secondary N) is 1. The van der Waals surface area contributed by atoms with E-state index in [-0.39, 0.29) is 0 Å². The van der Waals surface area contributed by atoms with E-state index in [1.807, 2.05) is 12.1 Å². The van der Waals surface area contributed by atoms with Crippen LogP contribution in [0, 0.1) is 11.8 Å². The zero-order valence-corrected chi connectivity index (χ0v) is 12.4. The van der Waals surface area contributed by atoms with Crippen molar-refractivity contribution < 1.29 is 9.47 Å². The van der Waals surface area contributed by atoms with Crippen LogP contribution in [0.4, 0.5) is 0 Å². The second kappa shape index (κ2) is 6.29.